The largest absolute Gasteiger partial charge is 0.476 e. The van der Waals surface area contributed by atoms with Crippen molar-refractivity contribution < 1.29 is 4.74 Å². The Bertz CT molecular complexity index is 846. The predicted octanol–water partition coefficient (Wildman–Crippen LogP) is 3.83. The lowest BCUT2D eigenvalue weighted by atomic mass is 10.00. The summed E-state index contributed by atoms with van der Waals surface area (Å²) in [5, 5.41) is 4.52. The molecule has 3 aromatic rings. The molecule has 3 aromatic heterocycles. The van der Waals surface area contributed by atoms with E-state index >= 15 is 0 Å². The Morgan fingerprint density at radius 2 is 2.25 bits per heavy atom. The van der Waals surface area contributed by atoms with Gasteiger partial charge in [0, 0.05) is 18.5 Å². The molecule has 0 spiro atoms. The number of rotatable bonds is 4. The maximum absolute atomic E-state index is 6.00. The SMILES string of the molecule is CN1CCCC(COc2ccc3nc(-c4ccc(Cl)s4)cn3n2)C1. The summed E-state index contributed by atoms with van der Waals surface area (Å²) in [6.07, 6.45) is 4.38. The van der Waals surface area contributed by atoms with Crippen molar-refractivity contribution in [1.82, 2.24) is 19.5 Å². The minimum absolute atomic E-state index is 0.577. The molecular weight excluding hydrogens is 344 g/mol. The molecular formula is C17H19ClN4OS. The molecule has 0 N–H and O–H groups in total. The van der Waals surface area contributed by atoms with Crippen LogP contribution in [0.4, 0.5) is 0 Å². The first-order chi connectivity index (χ1) is 11.7. The van der Waals surface area contributed by atoms with E-state index in [2.05, 4.69) is 22.0 Å². The van der Waals surface area contributed by atoms with Gasteiger partial charge >= 0.3 is 0 Å². The Hall–Kier alpha value is -1.63. The highest BCUT2D eigenvalue weighted by Gasteiger charge is 2.18. The Morgan fingerprint density at radius 1 is 1.33 bits per heavy atom. The topological polar surface area (TPSA) is 42.7 Å². The van der Waals surface area contributed by atoms with Crippen LogP contribution in [0.25, 0.3) is 16.2 Å². The van der Waals surface area contributed by atoms with E-state index < -0.39 is 0 Å². The molecule has 0 aliphatic carbocycles. The first kappa shape index (κ1) is 15.9. The molecule has 4 rings (SSSR count). The Labute approximate surface area is 149 Å². The van der Waals surface area contributed by atoms with E-state index in [1.807, 2.05) is 30.5 Å². The lowest BCUT2D eigenvalue weighted by Gasteiger charge is -2.29. The predicted molar refractivity (Wildman–Crippen MR) is 97.0 cm³/mol. The van der Waals surface area contributed by atoms with Crippen molar-refractivity contribution in [2.24, 2.45) is 5.92 Å². The molecule has 7 heteroatoms. The highest BCUT2D eigenvalue weighted by molar-refractivity contribution is 7.19. The van der Waals surface area contributed by atoms with Gasteiger partial charge in [-0.15, -0.1) is 16.4 Å². The van der Waals surface area contributed by atoms with E-state index in [-0.39, 0.29) is 0 Å². The summed E-state index contributed by atoms with van der Waals surface area (Å²) in [5.74, 6) is 1.22. The maximum atomic E-state index is 6.00. The molecule has 1 atom stereocenters. The number of hydrogen-bond acceptors (Lipinski definition) is 5. The van der Waals surface area contributed by atoms with Crippen LogP contribution in [0.1, 0.15) is 12.8 Å². The fourth-order valence-corrected chi connectivity index (χ4v) is 4.12. The molecule has 4 heterocycles. The van der Waals surface area contributed by atoms with Crippen molar-refractivity contribution in [1.29, 1.82) is 0 Å². The molecule has 1 aliphatic rings. The highest BCUT2D eigenvalue weighted by Crippen LogP contribution is 2.30. The van der Waals surface area contributed by atoms with Crippen LogP contribution in [-0.2, 0) is 0 Å². The van der Waals surface area contributed by atoms with Gasteiger partial charge in [0.1, 0.15) is 5.69 Å². The summed E-state index contributed by atoms with van der Waals surface area (Å²) >= 11 is 7.52. The molecule has 1 fully saturated rings. The van der Waals surface area contributed by atoms with Crippen molar-refractivity contribution in [3.63, 3.8) is 0 Å². The molecule has 0 amide bonds. The summed E-state index contributed by atoms with van der Waals surface area (Å²) in [7, 11) is 2.17. The standard InChI is InChI=1S/C17H19ClN4OS/c1-21-8-2-3-12(9-21)11-23-17-7-6-16-19-13(10-22(16)20-17)14-4-5-15(18)24-14/h4-7,10,12H,2-3,8-9,11H2,1H3. The Morgan fingerprint density at radius 3 is 3.04 bits per heavy atom. The van der Waals surface area contributed by atoms with Gasteiger partial charge < -0.3 is 9.64 Å². The molecule has 24 heavy (non-hydrogen) atoms. The van der Waals surface area contributed by atoms with E-state index in [4.69, 9.17) is 16.3 Å². The van der Waals surface area contributed by atoms with Crippen LogP contribution in [0.2, 0.25) is 4.34 Å². The molecule has 1 unspecified atom stereocenters. The smallest absolute Gasteiger partial charge is 0.231 e. The number of ether oxygens (including phenoxy) is 1. The van der Waals surface area contributed by atoms with Crippen LogP contribution in [0.15, 0.2) is 30.5 Å². The number of halogens is 1. The molecule has 0 radical (unpaired) electrons. The molecule has 0 saturated carbocycles. The van der Waals surface area contributed by atoms with E-state index in [0.29, 0.717) is 18.4 Å². The van der Waals surface area contributed by atoms with Crippen LogP contribution < -0.4 is 4.74 Å². The van der Waals surface area contributed by atoms with Crippen LogP contribution >= 0.6 is 22.9 Å². The second-order valence-corrected chi connectivity index (χ2v) is 8.00. The van der Waals surface area contributed by atoms with Crippen LogP contribution in [0.3, 0.4) is 0 Å². The second kappa shape index (κ2) is 6.70. The number of thiophene rings is 1. The maximum Gasteiger partial charge on any atom is 0.231 e. The molecule has 0 bridgehead atoms. The van der Waals surface area contributed by atoms with Crippen molar-refractivity contribution in [2.45, 2.75) is 12.8 Å². The number of aromatic nitrogens is 3. The van der Waals surface area contributed by atoms with Crippen LogP contribution in [0.5, 0.6) is 5.88 Å². The fraction of sp³-hybridized carbons (Fsp3) is 0.412. The zero-order valence-corrected chi connectivity index (χ0v) is 15.1. The average Bonchev–Trinajstić information content (AvgIpc) is 3.18. The zero-order chi connectivity index (χ0) is 16.5. The Kier molecular flexibility index (Phi) is 4.43. The number of likely N-dealkylation sites (tertiary alicyclic amines) is 1. The van der Waals surface area contributed by atoms with Gasteiger partial charge in [0.2, 0.25) is 5.88 Å². The summed E-state index contributed by atoms with van der Waals surface area (Å²) in [5.41, 5.74) is 1.68. The van der Waals surface area contributed by atoms with Crippen molar-refractivity contribution in [3.05, 3.63) is 34.8 Å². The number of fused-ring (bicyclic) bond motifs is 1. The number of nitrogens with zero attached hydrogens (tertiary/aromatic N) is 4. The molecule has 1 aliphatic heterocycles. The third kappa shape index (κ3) is 3.41. The average molecular weight is 363 g/mol. The molecule has 1 saturated heterocycles. The van der Waals surface area contributed by atoms with Gasteiger partial charge in [-0.05, 0) is 44.6 Å². The number of hydrogen-bond donors (Lipinski definition) is 0. The number of piperidine rings is 1. The summed E-state index contributed by atoms with van der Waals surface area (Å²) in [4.78, 5) is 7.99. The Balaban J connectivity index is 1.48. The van der Waals surface area contributed by atoms with Crippen molar-refractivity contribution in [2.75, 3.05) is 26.7 Å². The van der Waals surface area contributed by atoms with Gasteiger partial charge in [-0.3, -0.25) is 0 Å². The van der Waals surface area contributed by atoms with Crippen LogP contribution in [-0.4, -0.2) is 46.2 Å². The van der Waals surface area contributed by atoms with Crippen molar-refractivity contribution in [3.8, 4) is 16.5 Å². The third-order valence-electron chi connectivity index (χ3n) is 4.31. The summed E-state index contributed by atoms with van der Waals surface area (Å²) in [6.45, 7) is 2.99. The minimum atomic E-state index is 0.577. The monoisotopic (exact) mass is 362 g/mol. The third-order valence-corrected chi connectivity index (χ3v) is 5.56. The lowest BCUT2D eigenvalue weighted by Crippen LogP contribution is -2.34. The molecule has 126 valence electrons. The summed E-state index contributed by atoms with van der Waals surface area (Å²) in [6, 6.07) is 7.69. The number of imidazole rings is 1. The van der Waals surface area contributed by atoms with E-state index in [1.54, 1.807) is 4.52 Å². The van der Waals surface area contributed by atoms with Gasteiger partial charge in [0.05, 0.1) is 22.0 Å². The zero-order valence-electron chi connectivity index (χ0n) is 13.5. The highest BCUT2D eigenvalue weighted by atomic mass is 35.5. The van der Waals surface area contributed by atoms with Gasteiger partial charge in [0.15, 0.2) is 5.65 Å². The van der Waals surface area contributed by atoms with Gasteiger partial charge in [-0.25, -0.2) is 9.50 Å². The first-order valence-corrected chi connectivity index (χ1v) is 9.30. The second-order valence-electron chi connectivity index (χ2n) is 6.29. The van der Waals surface area contributed by atoms with Crippen molar-refractivity contribution >= 4 is 28.6 Å². The quantitative estimate of drug-likeness (QED) is 0.707. The molecule has 5 nitrogen and oxygen atoms in total. The summed E-state index contributed by atoms with van der Waals surface area (Å²) < 4.78 is 8.45. The van der Waals surface area contributed by atoms with E-state index in [1.165, 1.54) is 30.7 Å². The van der Waals surface area contributed by atoms with Gasteiger partial charge in [-0.1, -0.05) is 11.6 Å². The first-order valence-electron chi connectivity index (χ1n) is 8.11. The van der Waals surface area contributed by atoms with E-state index in [9.17, 15) is 0 Å². The lowest BCUT2D eigenvalue weighted by molar-refractivity contribution is 0.146. The fourth-order valence-electron chi connectivity index (χ4n) is 3.12. The van der Waals surface area contributed by atoms with Crippen LogP contribution in [0, 0.1) is 5.92 Å². The minimum Gasteiger partial charge on any atom is -0.476 e. The molecule has 0 aromatic carbocycles. The van der Waals surface area contributed by atoms with Gasteiger partial charge in [0.25, 0.3) is 0 Å². The van der Waals surface area contributed by atoms with E-state index in [0.717, 1.165) is 27.1 Å². The van der Waals surface area contributed by atoms with Gasteiger partial charge in [-0.2, -0.15) is 0 Å². The normalized spacial score (nSPS) is 19.0.